The van der Waals surface area contributed by atoms with Crippen molar-refractivity contribution in [1.29, 1.82) is 0 Å². The summed E-state index contributed by atoms with van der Waals surface area (Å²) in [5.41, 5.74) is 2.50. The van der Waals surface area contributed by atoms with Gasteiger partial charge in [0.05, 0.1) is 0 Å². The molecule has 0 radical (unpaired) electrons. The zero-order valence-electron chi connectivity index (χ0n) is 12.4. The van der Waals surface area contributed by atoms with Crippen LogP contribution >= 0.6 is 0 Å². The molecule has 8 nitrogen and oxygen atoms in total. The first kappa shape index (κ1) is 14.7. The Hall–Kier alpha value is -1.67. The van der Waals surface area contributed by atoms with Crippen LogP contribution in [0.1, 0.15) is 19.8 Å². The zero-order chi connectivity index (χ0) is 14.5. The lowest BCUT2D eigenvalue weighted by Gasteiger charge is -2.21. The van der Waals surface area contributed by atoms with E-state index >= 15 is 0 Å². The van der Waals surface area contributed by atoms with Gasteiger partial charge in [-0.1, -0.05) is 0 Å². The summed E-state index contributed by atoms with van der Waals surface area (Å²) in [7, 11) is 4.09. The van der Waals surface area contributed by atoms with Crippen molar-refractivity contribution in [2.75, 3.05) is 49.4 Å². The molecule has 0 spiro atoms. The van der Waals surface area contributed by atoms with Crippen LogP contribution in [0.5, 0.6) is 0 Å². The zero-order valence-corrected chi connectivity index (χ0v) is 12.4. The van der Waals surface area contributed by atoms with E-state index in [1.54, 1.807) is 0 Å². The summed E-state index contributed by atoms with van der Waals surface area (Å²) >= 11 is 0. The monoisotopic (exact) mass is 280 g/mol. The van der Waals surface area contributed by atoms with E-state index in [0.717, 1.165) is 19.6 Å². The SMILES string of the molecule is CC(CNc1nc(NN)nc(N2CCCC2)n1)N(C)C. The van der Waals surface area contributed by atoms with Crippen molar-refractivity contribution >= 4 is 17.8 Å². The molecule has 0 bridgehead atoms. The van der Waals surface area contributed by atoms with Crippen LogP contribution in [0.2, 0.25) is 0 Å². The third-order valence-electron chi connectivity index (χ3n) is 3.58. The maximum atomic E-state index is 5.43. The molecule has 1 saturated heterocycles. The van der Waals surface area contributed by atoms with Gasteiger partial charge in [-0.25, -0.2) is 5.84 Å². The van der Waals surface area contributed by atoms with Crippen molar-refractivity contribution in [2.24, 2.45) is 5.84 Å². The Bertz CT molecular complexity index is 429. The number of nitrogens with zero attached hydrogens (tertiary/aromatic N) is 5. The second-order valence-electron chi connectivity index (χ2n) is 5.31. The first-order valence-corrected chi connectivity index (χ1v) is 6.98. The number of hydrazine groups is 1. The van der Waals surface area contributed by atoms with Gasteiger partial charge in [-0.05, 0) is 33.9 Å². The summed E-state index contributed by atoms with van der Waals surface area (Å²) in [5, 5.41) is 3.24. The maximum Gasteiger partial charge on any atom is 0.243 e. The minimum absolute atomic E-state index is 0.385. The lowest BCUT2D eigenvalue weighted by Crippen LogP contribution is -2.32. The molecule has 1 unspecified atom stereocenters. The van der Waals surface area contributed by atoms with E-state index in [4.69, 9.17) is 5.84 Å². The first-order valence-electron chi connectivity index (χ1n) is 6.98. The van der Waals surface area contributed by atoms with E-state index in [9.17, 15) is 0 Å². The highest BCUT2D eigenvalue weighted by molar-refractivity contribution is 5.43. The predicted octanol–water partition coefficient (Wildman–Crippen LogP) is 0.119. The quantitative estimate of drug-likeness (QED) is 0.499. The number of anilines is 3. The minimum atomic E-state index is 0.385. The minimum Gasteiger partial charge on any atom is -0.352 e. The average Bonchev–Trinajstić information content (AvgIpc) is 2.98. The molecule has 2 heterocycles. The Labute approximate surface area is 119 Å². The number of hydrogen-bond donors (Lipinski definition) is 3. The fourth-order valence-electron chi connectivity index (χ4n) is 1.99. The van der Waals surface area contributed by atoms with Crippen LogP contribution in [0.3, 0.4) is 0 Å². The Morgan fingerprint density at radius 1 is 1.20 bits per heavy atom. The fourth-order valence-corrected chi connectivity index (χ4v) is 1.99. The highest BCUT2D eigenvalue weighted by Crippen LogP contribution is 2.18. The van der Waals surface area contributed by atoms with Crippen LogP contribution in [0, 0.1) is 0 Å². The molecule has 1 aliphatic rings. The lowest BCUT2D eigenvalue weighted by molar-refractivity contribution is 0.325. The van der Waals surface area contributed by atoms with E-state index < -0.39 is 0 Å². The Morgan fingerprint density at radius 2 is 1.85 bits per heavy atom. The Balaban J connectivity index is 2.09. The van der Waals surface area contributed by atoms with Gasteiger partial charge in [-0.2, -0.15) is 15.0 Å². The van der Waals surface area contributed by atoms with Crippen molar-refractivity contribution in [3.05, 3.63) is 0 Å². The second-order valence-corrected chi connectivity index (χ2v) is 5.31. The largest absolute Gasteiger partial charge is 0.352 e. The van der Waals surface area contributed by atoms with Gasteiger partial charge < -0.3 is 15.1 Å². The van der Waals surface area contributed by atoms with Crippen LogP contribution in [-0.2, 0) is 0 Å². The third kappa shape index (κ3) is 3.67. The first-order chi connectivity index (χ1) is 9.60. The molecule has 2 rings (SSSR count). The molecule has 1 atom stereocenters. The summed E-state index contributed by atoms with van der Waals surface area (Å²) in [6.45, 7) is 4.88. The topological polar surface area (TPSA) is 95.2 Å². The highest BCUT2D eigenvalue weighted by atomic mass is 15.4. The van der Waals surface area contributed by atoms with Gasteiger partial charge in [0.25, 0.3) is 0 Å². The molecular weight excluding hydrogens is 256 g/mol. The standard InChI is InChI=1S/C12H24N8/c1-9(19(2)3)8-14-10-15-11(18-13)17-12(16-10)20-6-4-5-7-20/h9H,4-8,13H2,1-3H3,(H2,14,15,16,17,18). The third-order valence-corrected chi connectivity index (χ3v) is 3.58. The number of likely N-dealkylation sites (N-methyl/N-ethyl adjacent to an activating group) is 1. The number of rotatable bonds is 6. The number of aromatic nitrogens is 3. The second kappa shape index (κ2) is 6.67. The molecule has 0 saturated carbocycles. The average molecular weight is 280 g/mol. The smallest absolute Gasteiger partial charge is 0.243 e. The van der Waals surface area contributed by atoms with E-state index in [1.165, 1.54) is 12.8 Å². The molecule has 1 aliphatic heterocycles. The van der Waals surface area contributed by atoms with E-state index in [0.29, 0.717) is 23.9 Å². The summed E-state index contributed by atoms with van der Waals surface area (Å²) < 4.78 is 0. The molecular formula is C12H24N8. The van der Waals surface area contributed by atoms with Gasteiger partial charge in [0.15, 0.2) is 0 Å². The summed E-state index contributed by atoms with van der Waals surface area (Å²) in [5.74, 6) is 7.07. The van der Waals surface area contributed by atoms with Gasteiger partial charge in [0.2, 0.25) is 17.8 Å². The molecule has 112 valence electrons. The van der Waals surface area contributed by atoms with E-state index in [2.05, 4.69) is 42.4 Å². The number of nitrogens with two attached hydrogens (primary N) is 1. The number of nitrogens with one attached hydrogen (secondary N) is 2. The van der Waals surface area contributed by atoms with Crippen molar-refractivity contribution < 1.29 is 0 Å². The predicted molar refractivity (Wildman–Crippen MR) is 80.7 cm³/mol. The lowest BCUT2D eigenvalue weighted by atomic mass is 10.3. The van der Waals surface area contributed by atoms with Crippen LogP contribution in [-0.4, -0.2) is 59.6 Å². The maximum absolute atomic E-state index is 5.43. The van der Waals surface area contributed by atoms with Crippen molar-refractivity contribution in [1.82, 2.24) is 19.9 Å². The van der Waals surface area contributed by atoms with Crippen LogP contribution < -0.4 is 21.5 Å². The normalized spacial score (nSPS) is 16.6. The van der Waals surface area contributed by atoms with Crippen molar-refractivity contribution in [3.63, 3.8) is 0 Å². The molecule has 1 fully saturated rings. The molecule has 0 aliphatic carbocycles. The summed E-state index contributed by atoms with van der Waals surface area (Å²) in [4.78, 5) is 17.3. The van der Waals surface area contributed by atoms with Gasteiger partial charge >= 0.3 is 0 Å². The molecule has 0 aromatic carbocycles. The summed E-state index contributed by atoms with van der Waals surface area (Å²) in [6.07, 6.45) is 2.36. The van der Waals surface area contributed by atoms with Crippen LogP contribution in [0.4, 0.5) is 17.8 Å². The van der Waals surface area contributed by atoms with Crippen molar-refractivity contribution in [2.45, 2.75) is 25.8 Å². The van der Waals surface area contributed by atoms with Gasteiger partial charge in [0, 0.05) is 25.7 Å². The van der Waals surface area contributed by atoms with Gasteiger partial charge in [-0.3, -0.25) is 5.43 Å². The Kier molecular flexibility index (Phi) is 4.91. The van der Waals surface area contributed by atoms with Crippen molar-refractivity contribution in [3.8, 4) is 0 Å². The molecule has 1 aromatic rings. The number of nitrogen functional groups attached to an aromatic ring is 1. The van der Waals surface area contributed by atoms with Crippen LogP contribution in [0.25, 0.3) is 0 Å². The molecule has 4 N–H and O–H groups in total. The van der Waals surface area contributed by atoms with Gasteiger partial charge in [-0.15, -0.1) is 0 Å². The molecule has 0 amide bonds. The fraction of sp³-hybridized carbons (Fsp3) is 0.750. The molecule has 20 heavy (non-hydrogen) atoms. The summed E-state index contributed by atoms with van der Waals surface area (Å²) in [6, 6.07) is 0.385. The van der Waals surface area contributed by atoms with E-state index in [-0.39, 0.29) is 0 Å². The molecule has 8 heteroatoms. The number of hydrogen-bond acceptors (Lipinski definition) is 8. The molecule has 1 aromatic heterocycles. The Morgan fingerprint density at radius 3 is 2.45 bits per heavy atom. The highest BCUT2D eigenvalue weighted by Gasteiger charge is 2.17. The van der Waals surface area contributed by atoms with Gasteiger partial charge in [0.1, 0.15) is 0 Å². The van der Waals surface area contributed by atoms with Crippen LogP contribution in [0.15, 0.2) is 0 Å². The van der Waals surface area contributed by atoms with E-state index in [1.807, 2.05) is 14.1 Å².